The van der Waals surface area contributed by atoms with Gasteiger partial charge in [0.05, 0.1) is 11.9 Å². The first-order valence-corrected chi connectivity index (χ1v) is 9.36. The lowest BCUT2D eigenvalue weighted by Crippen LogP contribution is -2.37. The number of rotatable bonds is 5. The standard InChI is InChI=1S/C18H20N6O3S/c1-18(2,3)27-17(26)21-9-14(25)24-16-23-13(10-28-16)12-8-20-15(22-12)11-4-6-19-7-5-11/h4-8,10H,9H2,1-3H3,(H,20,22)(H,21,26)(H,23,24,25). The van der Waals surface area contributed by atoms with Crippen molar-refractivity contribution in [3.63, 3.8) is 0 Å². The van der Waals surface area contributed by atoms with Crippen LogP contribution in [-0.2, 0) is 9.53 Å². The number of hydrogen-bond donors (Lipinski definition) is 3. The second kappa shape index (κ2) is 8.17. The number of H-pyrrole nitrogens is 1. The van der Waals surface area contributed by atoms with E-state index in [2.05, 4.69) is 30.6 Å². The molecule has 0 unspecified atom stereocenters. The van der Waals surface area contributed by atoms with Gasteiger partial charge < -0.3 is 20.4 Å². The number of anilines is 1. The lowest BCUT2D eigenvalue weighted by Gasteiger charge is -2.19. The number of carbonyl (C=O) groups excluding carboxylic acids is 2. The first-order chi connectivity index (χ1) is 13.3. The molecule has 0 aliphatic heterocycles. The summed E-state index contributed by atoms with van der Waals surface area (Å²) in [7, 11) is 0. The lowest BCUT2D eigenvalue weighted by atomic mass is 10.2. The van der Waals surface area contributed by atoms with E-state index in [4.69, 9.17) is 4.74 Å². The van der Waals surface area contributed by atoms with E-state index in [1.807, 2.05) is 12.1 Å². The topological polar surface area (TPSA) is 122 Å². The van der Waals surface area contributed by atoms with Crippen LogP contribution in [0.15, 0.2) is 36.1 Å². The first kappa shape index (κ1) is 19.5. The van der Waals surface area contributed by atoms with Crippen molar-refractivity contribution in [2.45, 2.75) is 26.4 Å². The van der Waals surface area contributed by atoms with Gasteiger partial charge in [-0.15, -0.1) is 11.3 Å². The van der Waals surface area contributed by atoms with Crippen LogP contribution in [0.1, 0.15) is 20.8 Å². The number of carbonyl (C=O) groups is 2. The third-order valence-electron chi connectivity index (χ3n) is 3.35. The fraction of sp³-hybridized carbons (Fsp3) is 0.278. The number of imidazole rings is 1. The van der Waals surface area contributed by atoms with Crippen molar-refractivity contribution in [1.82, 2.24) is 25.3 Å². The fourth-order valence-corrected chi connectivity index (χ4v) is 2.92. The predicted molar refractivity (Wildman–Crippen MR) is 106 cm³/mol. The molecule has 0 saturated carbocycles. The van der Waals surface area contributed by atoms with Gasteiger partial charge in [-0.3, -0.25) is 9.78 Å². The van der Waals surface area contributed by atoms with Crippen molar-refractivity contribution in [1.29, 1.82) is 0 Å². The van der Waals surface area contributed by atoms with E-state index in [1.54, 1.807) is 44.7 Å². The zero-order chi connectivity index (χ0) is 20.1. The number of amides is 2. The van der Waals surface area contributed by atoms with Crippen LogP contribution in [0.25, 0.3) is 22.8 Å². The number of hydrogen-bond acceptors (Lipinski definition) is 7. The molecule has 3 N–H and O–H groups in total. The summed E-state index contributed by atoms with van der Waals surface area (Å²) in [6.07, 6.45) is 4.42. The van der Waals surface area contributed by atoms with Gasteiger partial charge in [0.1, 0.15) is 23.7 Å². The van der Waals surface area contributed by atoms with Crippen LogP contribution in [0.5, 0.6) is 0 Å². The van der Waals surface area contributed by atoms with Gasteiger partial charge in [0.15, 0.2) is 5.13 Å². The Morgan fingerprint density at radius 3 is 2.71 bits per heavy atom. The Hall–Kier alpha value is -3.27. The second-order valence-electron chi connectivity index (χ2n) is 6.82. The predicted octanol–water partition coefficient (Wildman–Crippen LogP) is 3.06. The molecule has 0 bridgehead atoms. The molecule has 9 nitrogen and oxygen atoms in total. The third kappa shape index (κ3) is 5.36. The van der Waals surface area contributed by atoms with Crippen molar-refractivity contribution in [3.8, 4) is 22.8 Å². The number of pyridine rings is 1. The van der Waals surface area contributed by atoms with Crippen LogP contribution in [0.3, 0.4) is 0 Å². The molecule has 0 aliphatic carbocycles. The Balaban J connectivity index is 1.56. The summed E-state index contributed by atoms with van der Waals surface area (Å²) in [5.41, 5.74) is 1.69. The van der Waals surface area contributed by atoms with Crippen LogP contribution < -0.4 is 10.6 Å². The van der Waals surface area contributed by atoms with Gasteiger partial charge in [0.25, 0.3) is 0 Å². The summed E-state index contributed by atoms with van der Waals surface area (Å²) in [5.74, 6) is 0.311. The molecular formula is C18H20N6O3S. The number of alkyl carbamates (subject to hydrolysis) is 1. The van der Waals surface area contributed by atoms with E-state index in [-0.39, 0.29) is 6.54 Å². The van der Waals surface area contributed by atoms with Gasteiger partial charge in [-0.2, -0.15) is 0 Å². The molecule has 0 radical (unpaired) electrons. The molecule has 0 atom stereocenters. The fourth-order valence-electron chi connectivity index (χ4n) is 2.19. The monoisotopic (exact) mass is 400 g/mol. The molecule has 3 rings (SSSR count). The molecule has 10 heteroatoms. The third-order valence-corrected chi connectivity index (χ3v) is 4.11. The molecule has 0 saturated heterocycles. The van der Waals surface area contributed by atoms with E-state index in [9.17, 15) is 9.59 Å². The molecule has 2 amide bonds. The van der Waals surface area contributed by atoms with E-state index >= 15 is 0 Å². The quantitative estimate of drug-likeness (QED) is 0.605. The van der Waals surface area contributed by atoms with Gasteiger partial charge in [0, 0.05) is 23.3 Å². The summed E-state index contributed by atoms with van der Waals surface area (Å²) < 4.78 is 5.08. The molecular weight excluding hydrogens is 380 g/mol. The summed E-state index contributed by atoms with van der Waals surface area (Å²) in [5, 5.41) is 7.27. The Morgan fingerprint density at radius 1 is 1.25 bits per heavy atom. The highest BCUT2D eigenvalue weighted by atomic mass is 32.1. The van der Waals surface area contributed by atoms with Crippen LogP contribution in [0.2, 0.25) is 0 Å². The van der Waals surface area contributed by atoms with Crippen molar-refractivity contribution < 1.29 is 14.3 Å². The van der Waals surface area contributed by atoms with Gasteiger partial charge in [0.2, 0.25) is 5.91 Å². The Bertz CT molecular complexity index is 961. The number of nitrogens with zero attached hydrogens (tertiary/aromatic N) is 3. The second-order valence-corrected chi connectivity index (χ2v) is 7.68. The van der Waals surface area contributed by atoms with Crippen molar-refractivity contribution in [2.75, 3.05) is 11.9 Å². The largest absolute Gasteiger partial charge is 0.444 e. The highest BCUT2D eigenvalue weighted by molar-refractivity contribution is 7.14. The van der Waals surface area contributed by atoms with E-state index < -0.39 is 17.6 Å². The van der Waals surface area contributed by atoms with E-state index in [0.29, 0.717) is 16.6 Å². The summed E-state index contributed by atoms with van der Waals surface area (Å²) >= 11 is 1.28. The molecule has 146 valence electrons. The summed E-state index contributed by atoms with van der Waals surface area (Å²) in [6.45, 7) is 5.04. The van der Waals surface area contributed by atoms with Crippen LogP contribution in [-0.4, -0.2) is 44.1 Å². The summed E-state index contributed by atoms with van der Waals surface area (Å²) in [6, 6.07) is 3.71. The maximum absolute atomic E-state index is 12.0. The first-order valence-electron chi connectivity index (χ1n) is 8.48. The average Bonchev–Trinajstić information content (AvgIpc) is 3.28. The molecule has 0 spiro atoms. The number of nitrogens with one attached hydrogen (secondary N) is 3. The average molecular weight is 400 g/mol. The van der Waals surface area contributed by atoms with Gasteiger partial charge in [-0.05, 0) is 32.9 Å². The van der Waals surface area contributed by atoms with Gasteiger partial charge in [-0.1, -0.05) is 0 Å². The van der Waals surface area contributed by atoms with Crippen LogP contribution in [0, 0.1) is 0 Å². The number of aromatic nitrogens is 4. The van der Waals surface area contributed by atoms with Crippen LogP contribution in [0.4, 0.5) is 9.93 Å². The van der Waals surface area contributed by atoms with Crippen molar-refractivity contribution in [2.24, 2.45) is 0 Å². The minimum Gasteiger partial charge on any atom is -0.444 e. The molecule has 0 aromatic carbocycles. The molecule has 0 aliphatic rings. The molecule has 0 fully saturated rings. The normalized spacial score (nSPS) is 11.1. The zero-order valence-corrected chi connectivity index (χ0v) is 16.5. The Morgan fingerprint density at radius 2 is 2.00 bits per heavy atom. The molecule has 3 heterocycles. The molecule has 3 aromatic heterocycles. The minimum atomic E-state index is -0.649. The number of aromatic amines is 1. The SMILES string of the molecule is CC(C)(C)OC(=O)NCC(=O)Nc1nc(-c2cnc(-c3ccncc3)[nH]2)cs1. The smallest absolute Gasteiger partial charge is 0.408 e. The molecule has 28 heavy (non-hydrogen) atoms. The summed E-state index contributed by atoms with van der Waals surface area (Å²) in [4.78, 5) is 39.5. The van der Waals surface area contributed by atoms with Gasteiger partial charge >= 0.3 is 6.09 Å². The zero-order valence-electron chi connectivity index (χ0n) is 15.6. The van der Waals surface area contributed by atoms with E-state index in [1.165, 1.54) is 11.3 Å². The Kier molecular flexibility index (Phi) is 5.69. The minimum absolute atomic E-state index is 0.208. The Labute approximate surface area is 165 Å². The number of thiazole rings is 1. The maximum Gasteiger partial charge on any atom is 0.408 e. The highest BCUT2D eigenvalue weighted by Gasteiger charge is 2.17. The van der Waals surface area contributed by atoms with E-state index in [0.717, 1.165) is 11.3 Å². The van der Waals surface area contributed by atoms with Gasteiger partial charge in [-0.25, -0.2) is 14.8 Å². The maximum atomic E-state index is 12.0. The van der Waals surface area contributed by atoms with Crippen molar-refractivity contribution >= 4 is 28.5 Å². The molecule has 3 aromatic rings. The van der Waals surface area contributed by atoms with Crippen LogP contribution >= 0.6 is 11.3 Å². The lowest BCUT2D eigenvalue weighted by molar-refractivity contribution is -0.115. The van der Waals surface area contributed by atoms with Crippen molar-refractivity contribution in [3.05, 3.63) is 36.1 Å². The number of ether oxygens (including phenoxy) is 1. The highest BCUT2D eigenvalue weighted by Crippen LogP contribution is 2.25.